The number of aliphatic carboxylic acids is 1. The van der Waals surface area contributed by atoms with Crippen LogP contribution in [0.1, 0.15) is 20.8 Å². The highest BCUT2D eigenvalue weighted by Gasteiger charge is 2.30. The number of carboxylic acid groups (broad SMARTS) is 1. The molecule has 100 valence electrons. The van der Waals surface area contributed by atoms with Crippen LogP contribution in [0.3, 0.4) is 0 Å². The molecule has 1 amide bonds. The number of ketones is 1. The Morgan fingerprint density at radius 3 is 2.56 bits per heavy atom. The van der Waals surface area contributed by atoms with Gasteiger partial charge in [-0.3, -0.25) is 10.1 Å². The van der Waals surface area contributed by atoms with E-state index in [1.165, 1.54) is 0 Å². The van der Waals surface area contributed by atoms with Crippen LogP contribution in [0.25, 0.3) is 0 Å². The number of aliphatic imine (C=N–C) groups is 1. The second-order valence-corrected chi connectivity index (χ2v) is 5.57. The monoisotopic (exact) mass is 274 g/mol. The Morgan fingerprint density at radius 1 is 1.44 bits per heavy atom. The first-order valence-corrected chi connectivity index (χ1v) is 6.15. The molecule has 1 unspecified atom stereocenters. The number of amides is 1. The van der Waals surface area contributed by atoms with Crippen LogP contribution in [-0.2, 0) is 14.3 Å². The van der Waals surface area contributed by atoms with E-state index in [0.29, 0.717) is 0 Å². The molecule has 7 nitrogen and oxygen atoms in total. The van der Waals surface area contributed by atoms with Gasteiger partial charge in [-0.25, -0.2) is 14.6 Å². The SMILES string of the molecule is CC(C)(C)OC(=O)NC1=NC(C(=O)C(=O)O)CS1. The van der Waals surface area contributed by atoms with Crippen LogP contribution in [0.2, 0.25) is 0 Å². The predicted molar refractivity (Wildman–Crippen MR) is 65.7 cm³/mol. The molecule has 2 N–H and O–H groups in total. The van der Waals surface area contributed by atoms with Crippen molar-refractivity contribution < 1.29 is 24.2 Å². The number of nitrogens with zero attached hydrogens (tertiary/aromatic N) is 1. The number of carbonyl (C=O) groups is 3. The Balaban J connectivity index is 2.55. The highest BCUT2D eigenvalue weighted by Crippen LogP contribution is 2.18. The van der Waals surface area contributed by atoms with Gasteiger partial charge < -0.3 is 9.84 Å². The topological polar surface area (TPSA) is 105 Å². The summed E-state index contributed by atoms with van der Waals surface area (Å²) in [6.07, 6.45) is -0.683. The standard InChI is InChI=1S/C10H14N2O5S/c1-10(2,3)17-9(16)12-8-11-5(4-18-8)6(13)7(14)15/h5H,4H2,1-3H3,(H,14,15)(H,11,12,16). The quantitative estimate of drug-likeness (QED) is 0.716. The number of carbonyl (C=O) groups excluding carboxylic acids is 2. The fourth-order valence-corrected chi connectivity index (χ4v) is 2.01. The molecule has 8 heteroatoms. The lowest BCUT2D eigenvalue weighted by atomic mass is 10.2. The molecule has 0 aliphatic carbocycles. The molecule has 1 atom stereocenters. The Labute approximate surface area is 108 Å². The summed E-state index contributed by atoms with van der Waals surface area (Å²) in [6.45, 7) is 5.15. The van der Waals surface area contributed by atoms with Gasteiger partial charge in [0.25, 0.3) is 5.78 Å². The first-order valence-electron chi connectivity index (χ1n) is 5.17. The van der Waals surface area contributed by atoms with E-state index in [1.807, 2.05) is 0 Å². The molecule has 0 bridgehead atoms. The maximum absolute atomic E-state index is 11.4. The van der Waals surface area contributed by atoms with Crippen molar-refractivity contribution in [1.82, 2.24) is 5.32 Å². The summed E-state index contributed by atoms with van der Waals surface area (Å²) in [5.74, 6) is -2.30. The van der Waals surface area contributed by atoms with Gasteiger partial charge in [0.2, 0.25) is 0 Å². The fourth-order valence-electron chi connectivity index (χ4n) is 1.11. The van der Waals surface area contributed by atoms with E-state index in [4.69, 9.17) is 9.84 Å². The normalized spacial score (nSPS) is 19.1. The fraction of sp³-hybridized carbons (Fsp3) is 0.600. The third-order valence-electron chi connectivity index (χ3n) is 1.77. The van der Waals surface area contributed by atoms with E-state index in [2.05, 4.69) is 10.3 Å². The third kappa shape index (κ3) is 4.36. The van der Waals surface area contributed by atoms with Gasteiger partial charge >= 0.3 is 12.1 Å². The largest absolute Gasteiger partial charge is 0.475 e. The molecular weight excluding hydrogens is 260 g/mol. The number of alkyl carbamates (subject to hydrolysis) is 1. The van der Waals surface area contributed by atoms with Gasteiger partial charge in [0, 0.05) is 5.75 Å². The molecule has 0 saturated heterocycles. The van der Waals surface area contributed by atoms with Gasteiger partial charge in [-0.05, 0) is 20.8 Å². The zero-order valence-corrected chi connectivity index (χ0v) is 11.0. The van der Waals surface area contributed by atoms with E-state index in [9.17, 15) is 14.4 Å². The predicted octanol–water partition coefficient (Wildman–Crippen LogP) is 0.636. The molecule has 0 spiro atoms. The van der Waals surface area contributed by atoms with Gasteiger partial charge in [-0.2, -0.15) is 0 Å². The van der Waals surface area contributed by atoms with Crippen LogP contribution in [0.4, 0.5) is 4.79 Å². The summed E-state index contributed by atoms with van der Waals surface area (Å²) in [5.41, 5.74) is -0.635. The Kier molecular flexibility index (Phi) is 4.33. The average Bonchev–Trinajstić information content (AvgIpc) is 2.61. The second kappa shape index (κ2) is 5.38. The van der Waals surface area contributed by atoms with Crippen molar-refractivity contribution in [2.24, 2.45) is 4.99 Å². The highest BCUT2D eigenvalue weighted by molar-refractivity contribution is 8.14. The molecule has 0 fully saturated rings. The summed E-state index contributed by atoms with van der Waals surface area (Å²) in [4.78, 5) is 36.8. The van der Waals surface area contributed by atoms with Crippen molar-refractivity contribution >= 4 is 34.8 Å². The first kappa shape index (κ1) is 14.5. The number of rotatable bonds is 2. The van der Waals surface area contributed by atoms with Crippen molar-refractivity contribution in [3.05, 3.63) is 0 Å². The van der Waals surface area contributed by atoms with Crippen LogP contribution in [-0.4, -0.2) is 45.5 Å². The molecule has 0 saturated carbocycles. The number of Topliss-reactive ketones (excluding diaryl/α,β-unsaturated/α-hetero) is 1. The maximum Gasteiger partial charge on any atom is 0.413 e. The Hall–Kier alpha value is -1.57. The Bertz CT molecular complexity index is 413. The molecule has 1 heterocycles. The summed E-state index contributed by atoms with van der Waals surface area (Å²) in [6, 6.07) is -0.947. The molecule has 18 heavy (non-hydrogen) atoms. The number of amidine groups is 1. The lowest BCUT2D eigenvalue weighted by molar-refractivity contribution is -0.149. The molecule has 1 aliphatic rings. The number of hydrogen-bond donors (Lipinski definition) is 2. The minimum atomic E-state index is -1.53. The summed E-state index contributed by atoms with van der Waals surface area (Å²) >= 11 is 1.10. The lowest BCUT2D eigenvalue weighted by Crippen LogP contribution is -2.34. The first-order chi connectivity index (χ1) is 8.19. The minimum Gasteiger partial charge on any atom is -0.475 e. The van der Waals surface area contributed by atoms with Crippen molar-refractivity contribution in [2.75, 3.05) is 5.75 Å². The van der Waals surface area contributed by atoms with Gasteiger partial charge in [0.1, 0.15) is 11.6 Å². The van der Waals surface area contributed by atoms with Crippen molar-refractivity contribution in [3.8, 4) is 0 Å². The van der Waals surface area contributed by atoms with E-state index in [1.54, 1.807) is 20.8 Å². The van der Waals surface area contributed by atoms with Gasteiger partial charge in [-0.15, -0.1) is 0 Å². The summed E-state index contributed by atoms with van der Waals surface area (Å²) in [7, 11) is 0. The summed E-state index contributed by atoms with van der Waals surface area (Å²) < 4.78 is 5.00. The molecule has 0 aromatic rings. The minimum absolute atomic E-state index is 0.198. The maximum atomic E-state index is 11.4. The van der Waals surface area contributed by atoms with Gasteiger partial charge in [0.05, 0.1) is 0 Å². The van der Waals surface area contributed by atoms with Crippen LogP contribution in [0.5, 0.6) is 0 Å². The molecular formula is C10H14N2O5S. The van der Waals surface area contributed by atoms with Crippen molar-refractivity contribution in [3.63, 3.8) is 0 Å². The lowest BCUT2D eigenvalue weighted by Gasteiger charge is -2.19. The Morgan fingerprint density at radius 2 is 2.06 bits per heavy atom. The van der Waals surface area contributed by atoms with Crippen LogP contribution in [0, 0.1) is 0 Å². The number of carboxylic acids is 1. The van der Waals surface area contributed by atoms with E-state index in [-0.39, 0.29) is 10.9 Å². The van der Waals surface area contributed by atoms with E-state index in [0.717, 1.165) is 11.8 Å². The van der Waals surface area contributed by atoms with E-state index < -0.39 is 29.5 Å². The smallest absolute Gasteiger partial charge is 0.413 e. The number of nitrogens with one attached hydrogen (secondary N) is 1. The van der Waals surface area contributed by atoms with Gasteiger partial charge in [-0.1, -0.05) is 11.8 Å². The zero-order valence-electron chi connectivity index (χ0n) is 10.2. The van der Waals surface area contributed by atoms with Crippen LogP contribution in [0.15, 0.2) is 4.99 Å². The van der Waals surface area contributed by atoms with Gasteiger partial charge in [0.15, 0.2) is 5.17 Å². The summed E-state index contributed by atoms with van der Waals surface area (Å²) in [5, 5.41) is 11.1. The number of ether oxygens (including phenoxy) is 1. The van der Waals surface area contributed by atoms with Crippen LogP contribution < -0.4 is 5.32 Å². The third-order valence-corrected chi connectivity index (χ3v) is 2.74. The van der Waals surface area contributed by atoms with Crippen LogP contribution >= 0.6 is 11.8 Å². The second-order valence-electron chi connectivity index (χ2n) is 4.56. The average molecular weight is 274 g/mol. The molecule has 1 aliphatic heterocycles. The number of thioether (sulfide) groups is 1. The molecule has 0 radical (unpaired) electrons. The molecule has 0 aromatic carbocycles. The number of hydrogen-bond acceptors (Lipinski definition) is 6. The highest BCUT2D eigenvalue weighted by atomic mass is 32.2. The van der Waals surface area contributed by atoms with E-state index >= 15 is 0 Å². The van der Waals surface area contributed by atoms with Crippen molar-refractivity contribution in [2.45, 2.75) is 32.4 Å². The molecule has 1 rings (SSSR count). The zero-order chi connectivity index (χ0) is 13.9. The molecule has 0 aromatic heterocycles. The van der Waals surface area contributed by atoms with Crippen molar-refractivity contribution in [1.29, 1.82) is 0 Å².